The highest BCUT2D eigenvalue weighted by Crippen LogP contribution is 2.27. The van der Waals surface area contributed by atoms with Crippen LogP contribution in [0.2, 0.25) is 0 Å². The van der Waals surface area contributed by atoms with E-state index in [1.165, 1.54) is 17.0 Å². The first-order valence-corrected chi connectivity index (χ1v) is 12.4. The maximum Gasteiger partial charge on any atom is 0.337 e. The highest BCUT2D eigenvalue weighted by molar-refractivity contribution is 7.89. The smallest absolute Gasteiger partial charge is 0.337 e. The van der Waals surface area contributed by atoms with Crippen molar-refractivity contribution in [3.05, 3.63) is 58.7 Å². The number of sulfonamides is 1. The van der Waals surface area contributed by atoms with E-state index in [2.05, 4.69) is 0 Å². The molecule has 0 spiro atoms. The van der Waals surface area contributed by atoms with Gasteiger partial charge in [-0.3, -0.25) is 4.79 Å². The van der Waals surface area contributed by atoms with E-state index >= 15 is 0 Å². The predicted molar refractivity (Wildman–Crippen MR) is 122 cm³/mol. The standard InChI is InChI=1S/C24H28N2O6S/c1-17-6-7-20(24(28)31-2)15-22(17)32-16-23(27)25-10-12-26(13-11-25)33(29,30)21-9-8-18-4-3-5-19(18)14-21/h6-9,14-15H,3-5,10-13,16H2,1-2H3. The van der Waals surface area contributed by atoms with Gasteiger partial charge in [0.1, 0.15) is 5.75 Å². The molecule has 1 aliphatic heterocycles. The van der Waals surface area contributed by atoms with E-state index < -0.39 is 16.0 Å². The van der Waals surface area contributed by atoms with Crippen LogP contribution in [-0.2, 0) is 32.4 Å². The molecule has 1 heterocycles. The van der Waals surface area contributed by atoms with E-state index in [1.54, 1.807) is 35.2 Å². The first-order valence-electron chi connectivity index (χ1n) is 11.0. The van der Waals surface area contributed by atoms with Gasteiger partial charge in [-0.05, 0) is 67.1 Å². The van der Waals surface area contributed by atoms with Crippen LogP contribution < -0.4 is 4.74 Å². The van der Waals surface area contributed by atoms with Gasteiger partial charge in [-0.2, -0.15) is 4.31 Å². The average molecular weight is 473 g/mol. The van der Waals surface area contributed by atoms with Crippen LogP contribution in [0, 0.1) is 6.92 Å². The molecule has 1 aliphatic carbocycles. The van der Waals surface area contributed by atoms with Crippen molar-refractivity contribution in [2.75, 3.05) is 39.9 Å². The minimum Gasteiger partial charge on any atom is -0.483 e. The van der Waals surface area contributed by atoms with Gasteiger partial charge < -0.3 is 14.4 Å². The van der Waals surface area contributed by atoms with Crippen LogP contribution in [0.4, 0.5) is 0 Å². The number of hydrogen-bond donors (Lipinski definition) is 0. The second-order valence-corrected chi connectivity index (χ2v) is 10.3. The maximum absolute atomic E-state index is 13.1. The molecule has 176 valence electrons. The fourth-order valence-electron chi connectivity index (χ4n) is 4.27. The number of methoxy groups -OCH3 is 1. The third-order valence-corrected chi connectivity index (χ3v) is 8.15. The Morgan fingerprint density at radius 1 is 0.970 bits per heavy atom. The van der Waals surface area contributed by atoms with Gasteiger partial charge in [0, 0.05) is 26.2 Å². The number of fused-ring (bicyclic) bond motifs is 1. The summed E-state index contributed by atoms with van der Waals surface area (Å²) in [6, 6.07) is 10.3. The molecule has 8 nitrogen and oxygen atoms in total. The Bertz CT molecular complexity index is 1170. The maximum atomic E-state index is 13.1. The molecule has 1 amide bonds. The van der Waals surface area contributed by atoms with Crippen LogP contribution in [-0.4, -0.2) is 69.4 Å². The quantitative estimate of drug-likeness (QED) is 0.599. The van der Waals surface area contributed by atoms with E-state index in [0.717, 1.165) is 30.4 Å². The van der Waals surface area contributed by atoms with Gasteiger partial charge in [-0.25, -0.2) is 13.2 Å². The Labute approximate surface area is 194 Å². The Hall–Kier alpha value is -2.91. The van der Waals surface area contributed by atoms with Crippen molar-refractivity contribution < 1.29 is 27.5 Å². The van der Waals surface area contributed by atoms with Crippen LogP contribution in [0.25, 0.3) is 0 Å². The monoisotopic (exact) mass is 472 g/mol. The molecule has 0 N–H and O–H groups in total. The van der Waals surface area contributed by atoms with E-state index in [9.17, 15) is 18.0 Å². The number of carbonyl (C=O) groups is 2. The zero-order valence-corrected chi connectivity index (χ0v) is 19.7. The van der Waals surface area contributed by atoms with Crippen LogP contribution >= 0.6 is 0 Å². The molecular formula is C24H28N2O6S. The number of hydrogen-bond acceptors (Lipinski definition) is 6. The molecule has 2 aliphatic rings. The van der Waals surface area contributed by atoms with Crippen LogP contribution in [0.3, 0.4) is 0 Å². The van der Waals surface area contributed by atoms with E-state index in [1.807, 2.05) is 13.0 Å². The minimum absolute atomic E-state index is 0.191. The van der Waals surface area contributed by atoms with Gasteiger partial charge in [0.05, 0.1) is 17.6 Å². The molecule has 33 heavy (non-hydrogen) atoms. The van der Waals surface area contributed by atoms with Crippen molar-refractivity contribution in [3.8, 4) is 5.75 Å². The predicted octanol–water partition coefficient (Wildman–Crippen LogP) is 2.18. The number of nitrogens with zero attached hydrogens (tertiary/aromatic N) is 2. The Morgan fingerprint density at radius 2 is 1.70 bits per heavy atom. The number of ether oxygens (including phenoxy) is 2. The molecule has 0 unspecified atom stereocenters. The summed E-state index contributed by atoms with van der Waals surface area (Å²) in [4.78, 5) is 26.3. The topological polar surface area (TPSA) is 93.2 Å². The average Bonchev–Trinajstić information content (AvgIpc) is 3.31. The molecule has 2 aromatic rings. The van der Waals surface area contributed by atoms with Crippen LogP contribution in [0.5, 0.6) is 5.75 Å². The Balaban J connectivity index is 1.34. The first-order chi connectivity index (χ1) is 15.8. The van der Waals surface area contributed by atoms with Gasteiger partial charge in [0.2, 0.25) is 10.0 Å². The fourth-order valence-corrected chi connectivity index (χ4v) is 5.74. The molecule has 0 atom stereocenters. The number of rotatable bonds is 6. The molecule has 9 heteroatoms. The second-order valence-electron chi connectivity index (χ2n) is 8.33. The molecule has 0 saturated carbocycles. The summed E-state index contributed by atoms with van der Waals surface area (Å²) < 4.78 is 38.0. The summed E-state index contributed by atoms with van der Waals surface area (Å²) in [6.07, 6.45) is 2.99. The Morgan fingerprint density at radius 3 is 2.42 bits per heavy atom. The zero-order valence-electron chi connectivity index (χ0n) is 18.9. The molecular weight excluding hydrogens is 444 g/mol. The summed E-state index contributed by atoms with van der Waals surface area (Å²) in [5, 5.41) is 0. The number of benzene rings is 2. The number of amides is 1. The van der Waals surface area contributed by atoms with Gasteiger partial charge >= 0.3 is 5.97 Å². The lowest BCUT2D eigenvalue weighted by Gasteiger charge is -2.34. The largest absolute Gasteiger partial charge is 0.483 e. The van der Waals surface area contributed by atoms with Crippen molar-refractivity contribution in [2.45, 2.75) is 31.1 Å². The van der Waals surface area contributed by atoms with Gasteiger partial charge in [-0.1, -0.05) is 12.1 Å². The molecule has 0 radical (unpaired) electrons. The molecule has 2 aromatic carbocycles. The summed E-state index contributed by atoms with van der Waals surface area (Å²) in [5.74, 6) is -0.275. The first kappa shape index (κ1) is 23.3. The molecule has 0 aromatic heterocycles. The summed E-state index contributed by atoms with van der Waals surface area (Å²) in [5.41, 5.74) is 3.49. The third kappa shape index (κ3) is 4.89. The van der Waals surface area contributed by atoms with E-state index in [-0.39, 0.29) is 25.6 Å². The van der Waals surface area contributed by atoms with Gasteiger partial charge in [-0.15, -0.1) is 0 Å². The van der Waals surface area contributed by atoms with E-state index in [4.69, 9.17) is 9.47 Å². The summed E-state index contributed by atoms with van der Waals surface area (Å²) in [6.45, 7) is 2.71. The highest BCUT2D eigenvalue weighted by Gasteiger charge is 2.31. The van der Waals surface area contributed by atoms with Crippen molar-refractivity contribution in [3.63, 3.8) is 0 Å². The number of carbonyl (C=O) groups excluding carboxylic acids is 2. The van der Waals surface area contributed by atoms with Crippen LogP contribution in [0.15, 0.2) is 41.3 Å². The highest BCUT2D eigenvalue weighted by atomic mass is 32.2. The molecule has 0 bridgehead atoms. The summed E-state index contributed by atoms with van der Waals surface area (Å²) >= 11 is 0. The normalized spacial score (nSPS) is 16.4. The molecule has 1 fully saturated rings. The lowest BCUT2D eigenvalue weighted by Crippen LogP contribution is -2.51. The lowest BCUT2D eigenvalue weighted by molar-refractivity contribution is -0.134. The zero-order chi connectivity index (χ0) is 23.6. The number of aryl methyl sites for hydroxylation is 3. The van der Waals surface area contributed by atoms with Crippen molar-refractivity contribution >= 4 is 21.9 Å². The fraction of sp³-hybridized carbons (Fsp3) is 0.417. The van der Waals surface area contributed by atoms with Gasteiger partial charge in [0.15, 0.2) is 6.61 Å². The Kier molecular flexibility index (Phi) is 6.71. The van der Waals surface area contributed by atoms with Crippen molar-refractivity contribution in [1.82, 2.24) is 9.21 Å². The second kappa shape index (κ2) is 9.52. The summed E-state index contributed by atoms with van der Waals surface area (Å²) in [7, 11) is -2.29. The SMILES string of the molecule is COC(=O)c1ccc(C)c(OCC(=O)N2CCN(S(=O)(=O)c3ccc4c(c3)CCC4)CC2)c1. The molecule has 1 saturated heterocycles. The van der Waals surface area contributed by atoms with Crippen LogP contribution in [0.1, 0.15) is 33.5 Å². The minimum atomic E-state index is -3.59. The molecule has 4 rings (SSSR count). The number of piperazine rings is 1. The third-order valence-electron chi connectivity index (χ3n) is 6.26. The number of esters is 1. The van der Waals surface area contributed by atoms with E-state index in [0.29, 0.717) is 29.3 Å². The van der Waals surface area contributed by atoms with Crippen molar-refractivity contribution in [1.29, 1.82) is 0 Å². The lowest BCUT2D eigenvalue weighted by atomic mass is 10.1. The van der Waals surface area contributed by atoms with Gasteiger partial charge in [0.25, 0.3) is 5.91 Å². The van der Waals surface area contributed by atoms with Crippen molar-refractivity contribution in [2.24, 2.45) is 0 Å².